The SMILES string of the molecule is N#Cc1c(NC2CC2)nn2cccnc12. The fraction of sp³-hybridized carbons (Fsp3) is 0.300. The highest BCUT2D eigenvalue weighted by atomic mass is 15.3. The van der Waals surface area contributed by atoms with Gasteiger partial charge in [0.25, 0.3) is 0 Å². The fourth-order valence-electron chi connectivity index (χ4n) is 1.51. The van der Waals surface area contributed by atoms with Gasteiger partial charge in [0, 0.05) is 18.4 Å². The zero-order chi connectivity index (χ0) is 10.3. The normalized spacial score (nSPS) is 15.1. The smallest absolute Gasteiger partial charge is 0.175 e. The Labute approximate surface area is 86.4 Å². The van der Waals surface area contributed by atoms with Gasteiger partial charge < -0.3 is 5.32 Å². The van der Waals surface area contributed by atoms with Gasteiger partial charge in [0.1, 0.15) is 11.6 Å². The molecule has 0 aliphatic heterocycles. The molecule has 0 amide bonds. The minimum atomic E-state index is 0.488. The van der Waals surface area contributed by atoms with Crippen molar-refractivity contribution < 1.29 is 0 Å². The van der Waals surface area contributed by atoms with Crippen molar-refractivity contribution in [2.75, 3.05) is 5.32 Å². The molecule has 0 radical (unpaired) electrons. The standard InChI is InChI=1S/C10H9N5/c11-6-8-9(13-7-2-3-7)14-15-5-1-4-12-10(8)15/h1,4-5,7H,2-3H2,(H,13,14). The fourth-order valence-corrected chi connectivity index (χ4v) is 1.51. The zero-order valence-electron chi connectivity index (χ0n) is 8.01. The lowest BCUT2D eigenvalue weighted by Gasteiger charge is -1.97. The summed E-state index contributed by atoms with van der Waals surface area (Å²) in [5.74, 6) is 0.652. The van der Waals surface area contributed by atoms with Gasteiger partial charge in [-0.2, -0.15) is 5.26 Å². The Bertz CT molecular complexity index is 546. The molecule has 0 bridgehead atoms. The molecule has 0 aromatic carbocycles. The summed E-state index contributed by atoms with van der Waals surface area (Å²) in [6.07, 6.45) is 5.78. The van der Waals surface area contributed by atoms with E-state index in [1.165, 1.54) is 0 Å². The van der Waals surface area contributed by atoms with E-state index in [0.717, 1.165) is 12.8 Å². The summed E-state index contributed by atoms with van der Waals surface area (Å²) in [7, 11) is 0. The van der Waals surface area contributed by atoms with Crippen molar-refractivity contribution in [2.45, 2.75) is 18.9 Å². The molecule has 2 aromatic heterocycles. The molecule has 0 spiro atoms. The average molecular weight is 199 g/mol. The van der Waals surface area contributed by atoms with Crippen molar-refractivity contribution in [1.82, 2.24) is 14.6 Å². The summed E-state index contributed by atoms with van der Waals surface area (Å²) < 4.78 is 1.63. The van der Waals surface area contributed by atoms with Gasteiger partial charge >= 0.3 is 0 Å². The van der Waals surface area contributed by atoms with Crippen molar-refractivity contribution >= 4 is 11.5 Å². The topological polar surface area (TPSA) is 66.0 Å². The average Bonchev–Trinajstić information content (AvgIpc) is 2.99. The van der Waals surface area contributed by atoms with E-state index in [9.17, 15) is 0 Å². The zero-order valence-corrected chi connectivity index (χ0v) is 8.01. The monoisotopic (exact) mass is 199 g/mol. The van der Waals surface area contributed by atoms with Crippen LogP contribution in [0.5, 0.6) is 0 Å². The Morgan fingerprint density at radius 3 is 3.13 bits per heavy atom. The summed E-state index contributed by atoms with van der Waals surface area (Å²) in [6, 6.07) is 4.43. The largest absolute Gasteiger partial charge is 0.365 e. The number of hydrogen-bond acceptors (Lipinski definition) is 4. The summed E-state index contributed by atoms with van der Waals surface area (Å²) in [4.78, 5) is 4.14. The lowest BCUT2D eigenvalue weighted by Crippen LogP contribution is -2.02. The van der Waals surface area contributed by atoms with Gasteiger partial charge in [0.2, 0.25) is 0 Å². The van der Waals surface area contributed by atoms with Crippen LogP contribution in [-0.2, 0) is 0 Å². The Balaban J connectivity index is 2.15. The van der Waals surface area contributed by atoms with E-state index in [0.29, 0.717) is 23.1 Å². The van der Waals surface area contributed by atoms with Crippen LogP contribution in [0, 0.1) is 11.3 Å². The first-order valence-corrected chi connectivity index (χ1v) is 4.88. The second-order valence-electron chi connectivity index (χ2n) is 3.64. The summed E-state index contributed by atoms with van der Waals surface area (Å²) in [5, 5.41) is 16.6. The molecule has 1 fully saturated rings. The Kier molecular flexibility index (Phi) is 1.62. The van der Waals surface area contributed by atoms with Gasteiger partial charge in [0.15, 0.2) is 11.5 Å². The summed E-state index contributed by atoms with van der Waals surface area (Å²) >= 11 is 0. The first-order chi connectivity index (χ1) is 7.38. The van der Waals surface area contributed by atoms with E-state index in [1.807, 2.05) is 0 Å². The van der Waals surface area contributed by atoms with Crippen molar-refractivity contribution in [2.24, 2.45) is 0 Å². The predicted octanol–water partition coefficient (Wildman–Crippen LogP) is 1.18. The Morgan fingerprint density at radius 2 is 2.40 bits per heavy atom. The molecule has 1 aliphatic rings. The molecule has 2 aromatic rings. The lowest BCUT2D eigenvalue weighted by molar-refractivity contribution is 0.932. The van der Waals surface area contributed by atoms with Gasteiger partial charge in [-0.25, -0.2) is 9.50 Å². The third-order valence-corrected chi connectivity index (χ3v) is 2.43. The molecule has 1 N–H and O–H groups in total. The number of hydrogen-bond donors (Lipinski definition) is 1. The van der Waals surface area contributed by atoms with Crippen LogP contribution < -0.4 is 5.32 Å². The molecule has 2 heterocycles. The maximum atomic E-state index is 9.06. The van der Waals surface area contributed by atoms with Crippen LogP contribution in [0.1, 0.15) is 18.4 Å². The van der Waals surface area contributed by atoms with Crippen LogP contribution in [0.15, 0.2) is 18.5 Å². The number of nitrogens with one attached hydrogen (secondary N) is 1. The molecular weight excluding hydrogens is 190 g/mol. The van der Waals surface area contributed by atoms with E-state index < -0.39 is 0 Å². The molecule has 3 rings (SSSR count). The van der Waals surface area contributed by atoms with E-state index >= 15 is 0 Å². The first-order valence-electron chi connectivity index (χ1n) is 4.88. The minimum Gasteiger partial charge on any atom is -0.365 e. The van der Waals surface area contributed by atoms with E-state index in [4.69, 9.17) is 5.26 Å². The van der Waals surface area contributed by atoms with Gasteiger partial charge in [-0.15, -0.1) is 5.10 Å². The molecule has 5 nitrogen and oxygen atoms in total. The quantitative estimate of drug-likeness (QED) is 0.788. The Morgan fingerprint density at radius 1 is 1.53 bits per heavy atom. The molecule has 0 atom stereocenters. The van der Waals surface area contributed by atoms with Crippen molar-refractivity contribution in [3.05, 3.63) is 24.0 Å². The van der Waals surface area contributed by atoms with Crippen LogP contribution in [-0.4, -0.2) is 20.6 Å². The third kappa shape index (κ3) is 1.31. The molecule has 1 saturated carbocycles. The highest BCUT2D eigenvalue weighted by Gasteiger charge is 2.24. The summed E-state index contributed by atoms with van der Waals surface area (Å²) in [5.41, 5.74) is 1.14. The van der Waals surface area contributed by atoms with E-state index in [1.54, 1.807) is 23.0 Å². The van der Waals surface area contributed by atoms with Gasteiger partial charge in [0.05, 0.1) is 0 Å². The summed E-state index contributed by atoms with van der Waals surface area (Å²) in [6.45, 7) is 0. The van der Waals surface area contributed by atoms with Crippen LogP contribution in [0.4, 0.5) is 5.82 Å². The molecule has 15 heavy (non-hydrogen) atoms. The molecule has 0 unspecified atom stereocenters. The number of nitrogens with zero attached hydrogens (tertiary/aromatic N) is 4. The number of rotatable bonds is 2. The molecular formula is C10H9N5. The predicted molar refractivity (Wildman–Crippen MR) is 54.3 cm³/mol. The highest BCUT2D eigenvalue weighted by Crippen LogP contribution is 2.26. The lowest BCUT2D eigenvalue weighted by atomic mass is 10.3. The second-order valence-corrected chi connectivity index (χ2v) is 3.64. The van der Waals surface area contributed by atoms with E-state index in [-0.39, 0.29) is 0 Å². The second kappa shape index (κ2) is 2.95. The molecule has 0 saturated heterocycles. The van der Waals surface area contributed by atoms with Crippen LogP contribution in [0.2, 0.25) is 0 Å². The van der Waals surface area contributed by atoms with Crippen LogP contribution >= 0.6 is 0 Å². The number of anilines is 1. The number of aromatic nitrogens is 3. The first kappa shape index (κ1) is 8.24. The maximum Gasteiger partial charge on any atom is 0.175 e. The van der Waals surface area contributed by atoms with Gasteiger partial charge in [-0.3, -0.25) is 0 Å². The van der Waals surface area contributed by atoms with Crippen molar-refractivity contribution in [3.63, 3.8) is 0 Å². The molecule has 1 aliphatic carbocycles. The Hall–Kier alpha value is -2.09. The minimum absolute atomic E-state index is 0.488. The van der Waals surface area contributed by atoms with Gasteiger partial charge in [-0.1, -0.05) is 0 Å². The van der Waals surface area contributed by atoms with Gasteiger partial charge in [-0.05, 0) is 18.9 Å². The van der Waals surface area contributed by atoms with Crippen molar-refractivity contribution in [3.8, 4) is 6.07 Å². The molecule has 5 heteroatoms. The highest BCUT2D eigenvalue weighted by molar-refractivity contribution is 5.67. The third-order valence-electron chi connectivity index (χ3n) is 2.43. The van der Waals surface area contributed by atoms with Crippen LogP contribution in [0.25, 0.3) is 5.65 Å². The van der Waals surface area contributed by atoms with Crippen molar-refractivity contribution in [1.29, 1.82) is 5.26 Å². The maximum absolute atomic E-state index is 9.06. The number of nitriles is 1. The molecule has 74 valence electrons. The van der Waals surface area contributed by atoms with Crippen LogP contribution in [0.3, 0.4) is 0 Å². The number of fused-ring (bicyclic) bond motifs is 1. The van der Waals surface area contributed by atoms with E-state index in [2.05, 4.69) is 21.5 Å².